The number of methoxy groups -OCH3 is 1. The van der Waals surface area contributed by atoms with Crippen molar-refractivity contribution in [3.05, 3.63) is 0 Å². The van der Waals surface area contributed by atoms with Crippen molar-refractivity contribution in [2.75, 3.05) is 60.0 Å². The van der Waals surface area contributed by atoms with Crippen LogP contribution in [-0.4, -0.2) is 76.7 Å². The van der Waals surface area contributed by atoms with Crippen molar-refractivity contribution in [2.24, 2.45) is 0 Å². The van der Waals surface area contributed by atoms with E-state index < -0.39 is 0 Å². The molecule has 0 rings (SSSR count). The van der Waals surface area contributed by atoms with Gasteiger partial charge in [0, 0.05) is 13.2 Å². The Hall–Kier alpha value is -0.730. The molecule has 19 heavy (non-hydrogen) atoms. The van der Waals surface area contributed by atoms with E-state index in [4.69, 9.17) is 29.2 Å². The van der Waals surface area contributed by atoms with Gasteiger partial charge in [-0.05, 0) is 13.8 Å². The number of carbonyl (C=O) groups is 1. The van der Waals surface area contributed by atoms with Gasteiger partial charge in [0.25, 0.3) is 6.47 Å². The molecule has 0 bridgehead atoms. The second-order valence-electron chi connectivity index (χ2n) is 2.79. The molecular formula is C12H28O7. The van der Waals surface area contributed by atoms with Crippen molar-refractivity contribution in [2.45, 2.75) is 13.8 Å². The summed E-state index contributed by atoms with van der Waals surface area (Å²) in [4.78, 5) is 8.95. The summed E-state index contributed by atoms with van der Waals surface area (Å²) in [6, 6.07) is 0. The Labute approximate surface area is 115 Å². The summed E-state index contributed by atoms with van der Waals surface area (Å²) in [6.45, 7) is 7.77. The number of hydrogen-bond acceptors (Lipinski definition) is 7. The summed E-state index contributed by atoms with van der Waals surface area (Å²) in [5, 5.41) is 16.5. The molecule has 7 nitrogen and oxygen atoms in total. The van der Waals surface area contributed by atoms with Gasteiger partial charge in [-0.3, -0.25) is 4.79 Å². The zero-order valence-corrected chi connectivity index (χ0v) is 12.2. The van der Waals surface area contributed by atoms with Gasteiger partial charge in [-0.2, -0.15) is 0 Å². The lowest BCUT2D eigenvalue weighted by Crippen LogP contribution is -2.09. The lowest BCUT2D eigenvalue weighted by molar-refractivity contribution is -0.126. The van der Waals surface area contributed by atoms with Crippen molar-refractivity contribution in [1.29, 1.82) is 0 Å². The highest BCUT2D eigenvalue weighted by molar-refractivity contribution is 5.36. The van der Waals surface area contributed by atoms with E-state index in [0.29, 0.717) is 32.9 Å². The van der Waals surface area contributed by atoms with E-state index in [2.05, 4.69) is 4.74 Å². The Morgan fingerprint density at radius 1 is 0.842 bits per heavy atom. The summed E-state index contributed by atoms with van der Waals surface area (Å²) in [6.07, 6.45) is 0. The molecule has 2 N–H and O–H groups in total. The molecule has 7 heteroatoms. The predicted octanol–water partition coefficient (Wildman–Crippen LogP) is -0.164. The third-order valence-electron chi connectivity index (χ3n) is 1.35. The molecule has 0 unspecified atom stereocenters. The van der Waals surface area contributed by atoms with E-state index >= 15 is 0 Å². The molecule has 0 atom stereocenters. The fraction of sp³-hybridized carbons (Fsp3) is 0.917. The van der Waals surface area contributed by atoms with Crippen molar-refractivity contribution < 1.29 is 34.0 Å². The topological polar surface area (TPSA) is 94.5 Å². The smallest absolute Gasteiger partial charge is 0.292 e. The molecular weight excluding hydrogens is 256 g/mol. The minimum Gasteiger partial charge on any atom is -0.471 e. The summed E-state index contributed by atoms with van der Waals surface area (Å²) in [7, 11) is 1.31. The first-order valence-corrected chi connectivity index (χ1v) is 6.16. The average Bonchev–Trinajstić information content (AvgIpc) is 2.45. The van der Waals surface area contributed by atoms with E-state index in [-0.39, 0.29) is 13.2 Å². The van der Waals surface area contributed by atoms with Gasteiger partial charge in [-0.15, -0.1) is 0 Å². The van der Waals surface area contributed by atoms with Crippen LogP contribution in [0.5, 0.6) is 0 Å². The lowest BCUT2D eigenvalue weighted by Gasteiger charge is -2.01. The normalized spacial score (nSPS) is 8.68. The SMILES string of the molecule is CCOCC.COC=O.OCCOCCOCCO. The molecule has 0 fully saturated rings. The van der Waals surface area contributed by atoms with Gasteiger partial charge in [-0.1, -0.05) is 0 Å². The third-order valence-corrected chi connectivity index (χ3v) is 1.35. The molecule has 0 aromatic heterocycles. The number of rotatable bonds is 10. The van der Waals surface area contributed by atoms with Gasteiger partial charge < -0.3 is 29.2 Å². The van der Waals surface area contributed by atoms with Gasteiger partial charge in [-0.25, -0.2) is 0 Å². The van der Waals surface area contributed by atoms with Gasteiger partial charge in [0.1, 0.15) is 0 Å². The lowest BCUT2D eigenvalue weighted by atomic mass is 10.7. The van der Waals surface area contributed by atoms with Crippen LogP contribution in [0.4, 0.5) is 0 Å². The minimum atomic E-state index is 0.0417. The molecule has 0 heterocycles. The van der Waals surface area contributed by atoms with Crippen LogP contribution in [0.2, 0.25) is 0 Å². The van der Waals surface area contributed by atoms with Gasteiger partial charge in [0.05, 0.1) is 46.8 Å². The predicted molar refractivity (Wildman–Crippen MR) is 71.0 cm³/mol. The minimum absolute atomic E-state index is 0.0417. The number of carbonyl (C=O) groups excluding carboxylic acids is 1. The van der Waals surface area contributed by atoms with Gasteiger partial charge in [0.15, 0.2) is 0 Å². The standard InChI is InChI=1S/C6H14O4.C4H10O.C2H4O2/c7-1-3-9-5-6-10-4-2-8;1-3-5-4-2;1-4-2-3/h7-8H,1-6H2;3-4H2,1-2H3;2H,1H3. The molecule has 0 amide bonds. The van der Waals surface area contributed by atoms with E-state index in [0.717, 1.165) is 13.2 Å². The first kappa shape index (κ1) is 23.4. The fourth-order valence-corrected chi connectivity index (χ4v) is 0.655. The molecule has 0 aliphatic heterocycles. The van der Waals surface area contributed by atoms with Crippen LogP contribution in [-0.2, 0) is 23.7 Å². The zero-order chi connectivity index (χ0) is 15.2. The Morgan fingerprint density at radius 3 is 1.37 bits per heavy atom. The monoisotopic (exact) mass is 284 g/mol. The first-order valence-electron chi connectivity index (χ1n) is 6.16. The molecule has 0 aromatic rings. The van der Waals surface area contributed by atoms with E-state index in [1.165, 1.54) is 7.11 Å². The Bertz CT molecular complexity index is 123. The quantitative estimate of drug-likeness (QED) is 0.425. The molecule has 0 aliphatic rings. The molecule has 0 saturated heterocycles. The van der Waals surface area contributed by atoms with Crippen LogP contribution >= 0.6 is 0 Å². The molecule has 0 saturated carbocycles. The number of aliphatic hydroxyl groups is 2. The van der Waals surface area contributed by atoms with Crippen LogP contribution in [0, 0.1) is 0 Å². The van der Waals surface area contributed by atoms with Crippen molar-refractivity contribution in [3.63, 3.8) is 0 Å². The van der Waals surface area contributed by atoms with E-state index in [1.54, 1.807) is 0 Å². The van der Waals surface area contributed by atoms with Gasteiger partial charge in [0.2, 0.25) is 0 Å². The van der Waals surface area contributed by atoms with Crippen molar-refractivity contribution in [1.82, 2.24) is 0 Å². The summed E-state index contributed by atoms with van der Waals surface area (Å²) in [5.41, 5.74) is 0. The highest BCUT2D eigenvalue weighted by Gasteiger charge is 1.86. The highest BCUT2D eigenvalue weighted by atomic mass is 16.5. The van der Waals surface area contributed by atoms with E-state index in [9.17, 15) is 0 Å². The Kier molecular flexibility index (Phi) is 37.3. The summed E-state index contributed by atoms with van der Waals surface area (Å²) in [5.74, 6) is 0. The van der Waals surface area contributed by atoms with Crippen LogP contribution in [0.15, 0.2) is 0 Å². The van der Waals surface area contributed by atoms with Crippen molar-refractivity contribution >= 4 is 6.47 Å². The largest absolute Gasteiger partial charge is 0.471 e. The van der Waals surface area contributed by atoms with Crippen LogP contribution < -0.4 is 0 Å². The molecule has 0 aliphatic carbocycles. The average molecular weight is 284 g/mol. The Morgan fingerprint density at radius 2 is 1.21 bits per heavy atom. The molecule has 0 radical (unpaired) electrons. The molecule has 0 aromatic carbocycles. The van der Waals surface area contributed by atoms with Gasteiger partial charge >= 0.3 is 0 Å². The number of ether oxygens (including phenoxy) is 4. The molecule has 118 valence electrons. The number of aliphatic hydroxyl groups excluding tert-OH is 2. The zero-order valence-electron chi connectivity index (χ0n) is 12.2. The Balaban J connectivity index is -0.000000238. The van der Waals surface area contributed by atoms with Crippen LogP contribution in [0.25, 0.3) is 0 Å². The molecule has 0 spiro atoms. The van der Waals surface area contributed by atoms with Crippen LogP contribution in [0.3, 0.4) is 0 Å². The second-order valence-corrected chi connectivity index (χ2v) is 2.79. The van der Waals surface area contributed by atoms with E-state index in [1.807, 2.05) is 13.8 Å². The fourth-order valence-electron chi connectivity index (χ4n) is 0.655. The maximum Gasteiger partial charge on any atom is 0.292 e. The van der Waals surface area contributed by atoms with Crippen LogP contribution in [0.1, 0.15) is 13.8 Å². The maximum atomic E-state index is 8.95. The summed E-state index contributed by atoms with van der Waals surface area (Å²) >= 11 is 0. The first-order chi connectivity index (χ1) is 9.24. The number of hydrogen-bond donors (Lipinski definition) is 2. The summed E-state index contributed by atoms with van der Waals surface area (Å²) < 4.78 is 18.4. The maximum absolute atomic E-state index is 8.95. The second kappa shape index (κ2) is 30.4. The third kappa shape index (κ3) is 46.9. The highest BCUT2D eigenvalue weighted by Crippen LogP contribution is 1.76. The van der Waals surface area contributed by atoms with Crippen molar-refractivity contribution in [3.8, 4) is 0 Å².